The number of rotatable bonds is 7. The van der Waals surface area contributed by atoms with Gasteiger partial charge < -0.3 is 15.8 Å². The molecule has 3 rings (SSSR count). The molecule has 0 spiro atoms. The number of nitrogens with zero attached hydrogens (tertiary/aromatic N) is 1. The van der Waals surface area contributed by atoms with Crippen LogP contribution in [0.25, 0.3) is 0 Å². The van der Waals surface area contributed by atoms with Gasteiger partial charge in [-0.1, -0.05) is 29.8 Å². The maximum Gasteiger partial charge on any atom is 0.248 e. The Morgan fingerprint density at radius 3 is 2.57 bits per heavy atom. The molecule has 1 saturated heterocycles. The molecule has 2 aromatic carbocycles. The molecule has 2 amide bonds. The maximum absolute atomic E-state index is 13.0. The van der Waals surface area contributed by atoms with Gasteiger partial charge in [0, 0.05) is 23.7 Å². The van der Waals surface area contributed by atoms with E-state index in [4.69, 9.17) is 22.1 Å². The molecule has 0 unspecified atom stereocenters. The smallest absolute Gasteiger partial charge is 0.248 e. The molecule has 3 N–H and O–H groups in total. The van der Waals surface area contributed by atoms with Crippen molar-refractivity contribution in [1.29, 1.82) is 0 Å². The van der Waals surface area contributed by atoms with Crippen LogP contribution in [0.5, 0.6) is 5.75 Å². The minimum absolute atomic E-state index is 0.00862. The molecule has 2 aromatic rings. The van der Waals surface area contributed by atoms with Crippen molar-refractivity contribution in [2.75, 3.05) is 13.1 Å². The van der Waals surface area contributed by atoms with Crippen molar-refractivity contribution in [3.63, 3.8) is 0 Å². The van der Waals surface area contributed by atoms with Gasteiger partial charge in [0.15, 0.2) is 0 Å². The van der Waals surface area contributed by atoms with E-state index in [0.717, 1.165) is 24.3 Å². The molecular formula is C23H28ClN3O3. The molecule has 30 heavy (non-hydrogen) atoms. The number of benzene rings is 2. The molecule has 0 aromatic heterocycles. The molecular weight excluding hydrogens is 402 g/mol. The molecule has 0 radical (unpaired) electrons. The highest BCUT2D eigenvalue weighted by Gasteiger charge is 2.40. The minimum Gasteiger partial charge on any atom is -0.489 e. The topological polar surface area (TPSA) is 84.7 Å². The van der Waals surface area contributed by atoms with E-state index in [9.17, 15) is 9.59 Å². The van der Waals surface area contributed by atoms with E-state index in [1.807, 2.05) is 51.1 Å². The first-order chi connectivity index (χ1) is 14.2. The molecule has 2 atom stereocenters. The second-order valence-corrected chi connectivity index (χ2v) is 8.61. The number of halogens is 1. The lowest BCUT2D eigenvalue weighted by atomic mass is 10.00. The van der Waals surface area contributed by atoms with Gasteiger partial charge in [-0.25, -0.2) is 0 Å². The minimum atomic E-state index is -0.687. The average Bonchev–Trinajstić information content (AvgIpc) is 3.17. The first kappa shape index (κ1) is 22.1. The molecule has 0 bridgehead atoms. The highest BCUT2D eigenvalue weighted by atomic mass is 35.5. The van der Waals surface area contributed by atoms with Gasteiger partial charge in [-0.05, 0) is 63.1 Å². The first-order valence-corrected chi connectivity index (χ1v) is 10.4. The summed E-state index contributed by atoms with van der Waals surface area (Å²) in [7, 11) is 0. The van der Waals surface area contributed by atoms with E-state index in [-0.39, 0.29) is 18.1 Å². The number of likely N-dealkylation sites (tertiary alicyclic amines) is 1. The Morgan fingerprint density at radius 2 is 1.93 bits per heavy atom. The van der Waals surface area contributed by atoms with E-state index in [1.165, 1.54) is 0 Å². The molecule has 6 nitrogen and oxygen atoms in total. The van der Waals surface area contributed by atoms with Crippen molar-refractivity contribution < 1.29 is 14.3 Å². The monoisotopic (exact) mass is 429 g/mol. The summed E-state index contributed by atoms with van der Waals surface area (Å²) in [5.74, 6) is 0.213. The van der Waals surface area contributed by atoms with Crippen molar-refractivity contribution in [3.05, 3.63) is 64.7 Å². The SMILES string of the molecule is C[C@H](NC(=O)C(C)(C)N1CC[C@@H](Oc2cccc(Cl)c2)C1)c1ccc(C(N)=O)cc1. The molecule has 160 valence electrons. The Hall–Kier alpha value is -2.57. The molecule has 1 fully saturated rings. The van der Waals surface area contributed by atoms with E-state index in [2.05, 4.69) is 10.2 Å². The molecule has 0 aliphatic carbocycles. The van der Waals surface area contributed by atoms with Crippen LogP contribution in [-0.2, 0) is 4.79 Å². The second kappa shape index (κ2) is 9.06. The summed E-state index contributed by atoms with van der Waals surface area (Å²) in [6.45, 7) is 7.20. The number of nitrogens with two attached hydrogens (primary N) is 1. The van der Waals surface area contributed by atoms with Crippen molar-refractivity contribution in [2.45, 2.75) is 44.9 Å². The van der Waals surface area contributed by atoms with Gasteiger partial charge in [0.2, 0.25) is 11.8 Å². The van der Waals surface area contributed by atoms with Crippen molar-refractivity contribution in [2.24, 2.45) is 5.73 Å². The van der Waals surface area contributed by atoms with E-state index < -0.39 is 11.4 Å². The third-order valence-electron chi connectivity index (χ3n) is 5.63. The van der Waals surface area contributed by atoms with Gasteiger partial charge in [0.05, 0.1) is 11.6 Å². The largest absolute Gasteiger partial charge is 0.489 e. The average molecular weight is 430 g/mol. The summed E-state index contributed by atoms with van der Waals surface area (Å²) in [5, 5.41) is 3.72. The van der Waals surface area contributed by atoms with Crippen LogP contribution < -0.4 is 15.8 Å². The maximum atomic E-state index is 13.0. The highest BCUT2D eigenvalue weighted by Crippen LogP contribution is 2.27. The second-order valence-electron chi connectivity index (χ2n) is 8.17. The van der Waals surface area contributed by atoms with Crippen molar-refractivity contribution >= 4 is 23.4 Å². The Morgan fingerprint density at radius 1 is 1.23 bits per heavy atom. The number of hydrogen-bond donors (Lipinski definition) is 2. The lowest BCUT2D eigenvalue weighted by molar-refractivity contribution is -0.132. The summed E-state index contributed by atoms with van der Waals surface area (Å²) in [6, 6.07) is 14.1. The van der Waals surface area contributed by atoms with Crippen molar-refractivity contribution in [3.8, 4) is 5.75 Å². The van der Waals surface area contributed by atoms with Gasteiger partial charge in [0.25, 0.3) is 0 Å². The van der Waals surface area contributed by atoms with Crippen LogP contribution in [0.3, 0.4) is 0 Å². The number of ether oxygens (including phenoxy) is 1. The number of carbonyl (C=O) groups is 2. The summed E-state index contributed by atoms with van der Waals surface area (Å²) in [4.78, 5) is 26.4. The number of hydrogen-bond acceptors (Lipinski definition) is 4. The van der Waals surface area contributed by atoms with Crippen LogP contribution in [0.15, 0.2) is 48.5 Å². The number of amides is 2. The third kappa shape index (κ3) is 5.12. The summed E-state index contributed by atoms with van der Waals surface area (Å²) >= 11 is 6.03. The summed E-state index contributed by atoms with van der Waals surface area (Å²) in [6.07, 6.45) is 0.849. The Labute approximate surface area is 182 Å². The van der Waals surface area contributed by atoms with E-state index in [0.29, 0.717) is 17.1 Å². The fraction of sp³-hybridized carbons (Fsp3) is 0.391. The molecule has 1 aliphatic heterocycles. The Bertz CT molecular complexity index is 914. The highest BCUT2D eigenvalue weighted by molar-refractivity contribution is 6.30. The summed E-state index contributed by atoms with van der Waals surface area (Å²) in [5.41, 5.74) is 5.95. The normalized spacial score (nSPS) is 18.1. The quantitative estimate of drug-likeness (QED) is 0.704. The third-order valence-corrected chi connectivity index (χ3v) is 5.87. The van der Waals surface area contributed by atoms with Crippen LogP contribution in [0, 0.1) is 0 Å². The molecule has 7 heteroatoms. The number of nitrogens with one attached hydrogen (secondary N) is 1. The van der Waals surface area contributed by atoms with Crippen LogP contribution >= 0.6 is 11.6 Å². The number of carbonyl (C=O) groups excluding carboxylic acids is 2. The van der Waals surface area contributed by atoms with E-state index >= 15 is 0 Å². The van der Waals surface area contributed by atoms with Crippen LogP contribution in [-0.4, -0.2) is 41.4 Å². The van der Waals surface area contributed by atoms with Gasteiger partial charge in [-0.3, -0.25) is 14.5 Å². The molecule has 1 heterocycles. The predicted octanol–water partition coefficient (Wildman–Crippen LogP) is 3.55. The number of primary amides is 1. The lowest BCUT2D eigenvalue weighted by Crippen LogP contribution is -2.54. The zero-order chi connectivity index (χ0) is 21.9. The van der Waals surface area contributed by atoms with Crippen LogP contribution in [0.1, 0.15) is 49.2 Å². The van der Waals surface area contributed by atoms with Gasteiger partial charge in [0.1, 0.15) is 11.9 Å². The Kier molecular flexibility index (Phi) is 6.68. The standard InChI is InChI=1S/C23H28ClN3O3/c1-15(16-7-9-17(10-8-16)21(25)28)26-22(29)23(2,3)27-12-11-20(14-27)30-19-6-4-5-18(24)13-19/h4-10,13,15,20H,11-12,14H2,1-3H3,(H2,25,28)(H,26,29)/t15-,20+/m0/s1. The lowest BCUT2D eigenvalue weighted by Gasteiger charge is -2.35. The molecule has 1 aliphatic rings. The van der Waals surface area contributed by atoms with Gasteiger partial charge >= 0.3 is 0 Å². The van der Waals surface area contributed by atoms with Crippen LogP contribution in [0.4, 0.5) is 0 Å². The van der Waals surface area contributed by atoms with Gasteiger partial charge in [-0.15, -0.1) is 0 Å². The van der Waals surface area contributed by atoms with Crippen LogP contribution in [0.2, 0.25) is 5.02 Å². The van der Waals surface area contributed by atoms with E-state index in [1.54, 1.807) is 18.2 Å². The zero-order valence-electron chi connectivity index (χ0n) is 17.5. The molecule has 0 saturated carbocycles. The zero-order valence-corrected chi connectivity index (χ0v) is 18.3. The first-order valence-electron chi connectivity index (χ1n) is 10.0. The Balaban J connectivity index is 1.59. The fourth-order valence-electron chi connectivity index (χ4n) is 3.60. The summed E-state index contributed by atoms with van der Waals surface area (Å²) < 4.78 is 6.05. The predicted molar refractivity (Wildman–Crippen MR) is 118 cm³/mol. The van der Waals surface area contributed by atoms with Gasteiger partial charge in [-0.2, -0.15) is 0 Å². The van der Waals surface area contributed by atoms with Crippen molar-refractivity contribution in [1.82, 2.24) is 10.2 Å². The fourth-order valence-corrected chi connectivity index (χ4v) is 3.78.